The Balaban J connectivity index is 2.24. The minimum Gasteiger partial charge on any atom is -0.497 e. The minimum atomic E-state index is -0.947. The molecule has 1 atom stereocenters. The number of methoxy groups -OCH3 is 1. The molecule has 2 N–H and O–H groups in total. The summed E-state index contributed by atoms with van der Waals surface area (Å²) >= 11 is 0. The lowest BCUT2D eigenvalue weighted by Crippen LogP contribution is -2.16. The van der Waals surface area contributed by atoms with Gasteiger partial charge in [0.15, 0.2) is 11.6 Å². The lowest BCUT2D eigenvalue weighted by Gasteiger charge is -2.14. The smallest absolute Gasteiger partial charge is 0.162 e. The second-order valence-corrected chi connectivity index (χ2v) is 4.41. The average Bonchev–Trinajstić information content (AvgIpc) is 2.43. The number of hydrogen-bond donors (Lipinski definition) is 1. The number of halogens is 3. The fraction of sp³-hybridized carbons (Fsp3) is 0.200. The fourth-order valence-corrected chi connectivity index (χ4v) is 1.99. The van der Waals surface area contributed by atoms with E-state index >= 15 is 0 Å². The minimum absolute atomic E-state index is 0.00679. The van der Waals surface area contributed by atoms with Gasteiger partial charge in [-0.2, -0.15) is 0 Å². The number of benzene rings is 2. The quantitative estimate of drug-likeness (QED) is 0.932. The van der Waals surface area contributed by atoms with Crippen LogP contribution in [0.1, 0.15) is 17.2 Å². The summed E-state index contributed by atoms with van der Waals surface area (Å²) in [5, 5.41) is 0. The van der Waals surface area contributed by atoms with Gasteiger partial charge in [0.2, 0.25) is 0 Å². The molecule has 0 fully saturated rings. The van der Waals surface area contributed by atoms with Crippen molar-refractivity contribution < 1.29 is 17.9 Å². The summed E-state index contributed by atoms with van der Waals surface area (Å²) in [7, 11) is 1.43. The maximum Gasteiger partial charge on any atom is 0.162 e. The van der Waals surface area contributed by atoms with Crippen molar-refractivity contribution in [3.05, 3.63) is 65.0 Å². The molecular weight excluding hydrogens is 267 g/mol. The molecule has 1 unspecified atom stereocenters. The topological polar surface area (TPSA) is 35.2 Å². The zero-order valence-corrected chi connectivity index (χ0v) is 10.9. The van der Waals surface area contributed by atoms with E-state index in [9.17, 15) is 13.2 Å². The molecule has 0 aromatic heterocycles. The van der Waals surface area contributed by atoms with Crippen LogP contribution in [0.3, 0.4) is 0 Å². The molecule has 0 radical (unpaired) electrons. The van der Waals surface area contributed by atoms with Crippen LogP contribution in [-0.4, -0.2) is 7.11 Å². The van der Waals surface area contributed by atoms with E-state index in [0.717, 1.165) is 6.07 Å². The van der Waals surface area contributed by atoms with E-state index < -0.39 is 23.5 Å². The van der Waals surface area contributed by atoms with Crippen LogP contribution in [-0.2, 0) is 6.42 Å². The van der Waals surface area contributed by atoms with Crippen LogP contribution >= 0.6 is 0 Å². The van der Waals surface area contributed by atoms with E-state index in [2.05, 4.69) is 0 Å². The molecule has 2 aromatic carbocycles. The molecule has 106 valence electrons. The van der Waals surface area contributed by atoms with Crippen LogP contribution in [0.4, 0.5) is 13.2 Å². The first kappa shape index (κ1) is 14.4. The maximum atomic E-state index is 13.8. The van der Waals surface area contributed by atoms with Crippen LogP contribution < -0.4 is 10.5 Å². The first-order valence-corrected chi connectivity index (χ1v) is 6.05. The van der Waals surface area contributed by atoms with Gasteiger partial charge in [-0.3, -0.25) is 0 Å². The van der Waals surface area contributed by atoms with Crippen LogP contribution in [0.25, 0.3) is 0 Å². The molecule has 0 amide bonds. The van der Waals surface area contributed by atoms with Gasteiger partial charge in [0, 0.05) is 17.7 Å². The molecule has 2 rings (SSSR count). The van der Waals surface area contributed by atoms with E-state index in [-0.39, 0.29) is 17.5 Å². The summed E-state index contributed by atoms with van der Waals surface area (Å²) in [5.74, 6) is -2.05. The van der Waals surface area contributed by atoms with Crippen molar-refractivity contribution in [3.8, 4) is 5.75 Å². The van der Waals surface area contributed by atoms with Crippen molar-refractivity contribution in [1.82, 2.24) is 0 Å². The summed E-state index contributed by atoms with van der Waals surface area (Å²) in [6.45, 7) is 0. The van der Waals surface area contributed by atoms with Gasteiger partial charge in [0.1, 0.15) is 11.6 Å². The zero-order chi connectivity index (χ0) is 14.7. The largest absolute Gasteiger partial charge is 0.497 e. The standard InChI is InChI=1S/C15H14F3NO/c1-20-10-5-6-11(13(17)8-10)14(19)7-9-3-2-4-12(16)15(9)18/h2-6,8,14H,7,19H2,1H3. The van der Waals surface area contributed by atoms with Crippen molar-refractivity contribution in [2.24, 2.45) is 5.73 Å². The SMILES string of the molecule is COc1ccc(C(N)Cc2cccc(F)c2F)c(F)c1. The molecule has 0 aliphatic carbocycles. The van der Waals surface area contributed by atoms with Gasteiger partial charge in [-0.15, -0.1) is 0 Å². The van der Waals surface area contributed by atoms with E-state index in [1.165, 1.54) is 31.4 Å². The molecule has 5 heteroatoms. The Morgan fingerprint density at radius 1 is 1.10 bits per heavy atom. The van der Waals surface area contributed by atoms with E-state index in [1.54, 1.807) is 6.07 Å². The maximum absolute atomic E-state index is 13.8. The lowest BCUT2D eigenvalue weighted by molar-refractivity contribution is 0.410. The van der Waals surface area contributed by atoms with Crippen molar-refractivity contribution in [2.45, 2.75) is 12.5 Å². The monoisotopic (exact) mass is 281 g/mol. The van der Waals surface area contributed by atoms with Crippen molar-refractivity contribution >= 4 is 0 Å². The van der Waals surface area contributed by atoms with Crippen molar-refractivity contribution in [1.29, 1.82) is 0 Å². The van der Waals surface area contributed by atoms with Crippen molar-refractivity contribution in [3.63, 3.8) is 0 Å². The van der Waals surface area contributed by atoms with Gasteiger partial charge >= 0.3 is 0 Å². The Labute approximate surface area is 115 Å². The van der Waals surface area contributed by atoms with Crippen LogP contribution in [0.15, 0.2) is 36.4 Å². The first-order valence-electron chi connectivity index (χ1n) is 6.05. The normalized spacial score (nSPS) is 12.2. The summed E-state index contributed by atoms with van der Waals surface area (Å²) in [6.07, 6.45) is 0.00679. The lowest BCUT2D eigenvalue weighted by atomic mass is 9.98. The molecule has 0 saturated heterocycles. The number of hydrogen-bond acceptors (Lipinski definition) is 2. The third-order valence-electron chi connectivity index (χ3n) is 3.08. The highest BCUT2D eigenvalue weighted by Crippen LogP contribution is 2.24. The third kappa shape index (κ3) is 2.93. The Kier molecular flexibility index (Phi) is 4.29. The zero-order valence-electron chi connectivity index (χ0n) is 10.9. The Hall–Kier alpha value is -2.01. The predicted octanol–water partition coefficient (Wildman–Crippen LogP) is 3.36. The number of rotatable bonds is 4. The molecule has 0 saturated carbocycles. The molecule has 0 heterocycles. The molecule has 2 aromatic rings. The van der Waals surface area contributed by atoms with Gasteiger partial charge in [-0.25, -0.2) is 13.2 Å². The molecule has 20 heavy (non-hydrogen) atoms. The summed E-state index contributed by atoms with van der Waals surface area (Å²) in [5.41, 5.74) is 6.22. The van der Waals surface area contributed by atoms with Gasteiger partial charge in [0.25, 0.3) is 0 Å². The van der Waals surface area contributed by atoms with E-state index in [4.69, 9.17) is 10.5 Å². The molecule has 0 bridgehead atoms. The third-order valence-corrected chi connectivity index (χ3v) is 3.08. The number of nitrogens with two attached hydrogens (primary N) is 1. The molecular formula is C15H14F3NO. The first-order chi connectivity index (χ1) is 9.52. The molecule has 2 nitrogen and oxygen atoms in total. The summed E-state index contributed by atoms with van der Waals surface area (Å²) in [6, 6.07) is 7.34. The highest BCUT2D eigenvalue weighted by Gasteiger charge is 2.16. The summed E-state index contributed by atoms with van der Waals surface area (Å²) < 4.78 is 45.4. The number of ether oxygens (including phenoxy) is 1. The second kappa shape index (κ2) is 5.96. The highest BCUT2D eigenvalue weighted by molar-refractivity contribution is 5.32. The fourth-order valence-electron chi connectivity index (χ4n) is 1.99. The predicted molar refractivity (Wildman–Crippen MR) is 69.9 cm³/mol. The van der Waals surface area contributed by atoms with Gasteiger partial charge in [-0.05, 0) is 24.1 Å². The van der Waals surface area contributed by atoms with Gasteiger partial charge < -0.3 is 10.5 Å². The van der Waals surface area contributed by atoms with E-state index in [1.807, 2.05) is 0 Å². The van der Waals surface area contributed by atoms with Crippen LogP contribution in [0.2, 0.25) is 0 Å². The van der Waals surface area contributed by atoms with Crippen LogP contribution in [0.5, 0.6) is 5.75 Å². The van der Waals surface area contributed by atoms with Crippen LogP contribution in [0, 0.1) is 17.5 Å². The highest BCUT2D eigenvalue weighted by atomic mass is 19.2. The van der Waals surface area contributed by atoms with Gasteiger partial charge in [0.05, 0.1) is 7.11 Å². The molecule has 0 aliphatic rings. The average molecular weight is 281 g/mol. The van der Waals surface area contributed by atoms with Crippen molar-refractivity contribution in [2.75, 3.05) is 7.11 Å². The van der Waals surface area contributed by atoms with E-state index in [0.29, 0.717) is 5.75 Å². The molecule has 0 aliphatic heterocycles. The second-order valence-electron chi connectivity index (χ2n) is 4.41. The van der Waals surface area contributed by atoms with Gasteiger partial charge in [-0.1, -0.05) is 18.2 Å². The Morgan fingerprint density at radius 3 is 2.50 bits per heavy atom. The Bertz CT molecular complexity index is 616. The molecule has 0 spiro atoms. The Morgan fingerprint density at radius 2 is 1.85 bits per heavy atom. The summed E-state index contributed by atoms with van der Waals surface area (Å²) in [4.78, 5) is 0.